The molecule has 0 aromatic heterocycles. The molecule has 3 heteroatoms. The zero-order valence-corrected chi connectivity index (χ0v) is 19.6. The Balaban J connectivity index is 1.91. The molecular formula is C26H32BrClO. The van der Waals surface area contributed by atoms with Gasteiger partial charge in [-0.2, -0.15) is 0 Å². The second kappa shape index (κ2) is 13.8. The first-order valence-electron chi connectivity index (χ1n) is 10.6. The predicted molar refractivity (Wildman–Crippen MR) is 130 cm³/mol. The van der Waals surface area contributed by atoms with E-state index in [1.165, 1.54) is 24.0 Å². The summed E-state index contributed by atoms with van der Waals surface area (Å²) in [5.74, 6) is 1.48. The van der Waals surface area contributed by atoms with E-state index in [4.69, 9.17) is 11.6 Å². The number of carbonyl (C=O) groups excluding carboxylic acids is 1. The van der Waals surface area contributed by atoms with E-state index in [1.54, 1.807) is 0 Å². The summed E-state index contributed by atoms with van der Waals surface area (Å²) in [5, 5.41) is 1.06. The molecule has 2 rings (SSSR count). The number of hydrogen-bond donors (Lipinski definition) is 0. The summed E-state index contributed by atoms with van der Waals surface area (Å²) in [6.07, 6.45) is 10.9. The Bertz CT molecular complexity index is 736. The van der Waals surface area contributed by atoms with Crippen LogP contribution >= 0.6 is 27.5 Å². The highest BCUT2D eigenvalue weighted by atomic mass is 79.9. The van der Waals surface area contributed by atoms with E-state index in [0.29, 0.717) is 11.8 Å². The Morgan fingerprint density at radius 3 is 2.00 bits per heavy atom. The highest BCUT2D eigenvalue weighted by Crippen LogP contribution is 2.21. The lowest BCUT2D eigenvalue weighted by atomic mass is 9.92. The van der Waals surface area contributed by atoms with Crippen molar-refractivity contribution in [3.8, 4) is 0 Å². The highest BCUT2D eigenvalue weighted by Gasteiger charge is 2.10. The van der Waals surface area contributed by atoms with Gasteiger partial charge in [-0.05, 0) is 68.4 Å². The van der Waals surface area contributed by atoms with Crippen molar-refractivity contribution in [2.45, 2.75) is 51.4 Å². The molecule has 2 aromatic rings. The van der Waals surface area contributed by atoms with Gasteiger partial charge in [0.05, 0.1) is 0 Å². The minimum Gasteiger partial charge on any atom is -0.289 e. The first kappa shape index (κ1) is 23.9. The van der Waals surface area contributed by atoms with E-state index < -0.39 is 0 Å². The summed E-state index contributed by atoms with van der Waals surface area (Å²) in [7, 11) is 0. The average molecular weight is 476 g/mol. The SMILES string of the molecule is C=CCC(CCCBr)CCc1ccc(C(=O)c2ccc(CCCCCl)cc2)cc1. The Labute approximate surface area is 189 Å². The van der Waals surface area contributed by atoms with Gasteiger partial charge in [0.15, 0.2) is 5.78 Å². The molecule has 2 aromatic carbocycles. The molecule has 0 saturated carbocycles. The van der Waals surface area contributed by atoms with Crippen LogP contribution in [-0.2, 0) is 12.8 Å². The minimum absolute atomic E-state index is 0.0886. The third kappa shape index (κ3) is 8.48. The Kier molecular flexibility index (Phi) is 11.3. The van der Waals surface area contributed by atoms with Crippen LogP contribution in [0.1, 0.15) is 65.6 Å². The number of rotatable bonds is 14. The lowest BCUT2D eigenvalue weighted by molar-refractivity contribution is 0.103. The molecular weight excluding hydrogens is 444 g/mol. The molecule has 0 aliphatic rings. The lowest BCUT2D eigenvalue weighted by Gasteiger charge is -2.14. The largest absolute Gasteiger partial charge is 0.289 e. The number of carbonyl (C=O) groups is 1. The van der Waals surface area contributed by atoms with Crippen LogP contribution in [0.3, 0.4) is 0 Å². The first-order valence-corrected chi connectivity index (χ1v) is 12.3. The molecule has 0 heterocycles. The monoisotopic (exact) mass is 474 g/mol. The maximum absolute atomic E-state index is 12.8. The molecule has 0 bridgehead atoms. The van der Waals surface area contributed by atoms with Crippen LogP contribution < -0.4 is 0 Å². The van der Waals surface area contributed by atoms with Crippen LogP contribution in [-0.4, -0.2) is 17.0 Å². The van der Waals surface area contributed by atoms with Crippen LogP contribution in [0.2, 0.25) is 0 Å². The molecule has 0 spiro atoms. The smallest absolute Gasteiger partial charge is 0.193 e. The van der Waals surface area contributed by atoms with Gasteiger partial charge in [0.25, 0.3) is 0 Å². The van der Waals surface area contributed by atoms with Crippen LogP contribution in [0, 0.1) is 5.92 Å². The fourth-order valence-corrected chi connectivity index (χ4v) is 4.10. The summed E-state index contributed by atoms with van der Waals surface area (Å²) >= 11 is 9.25. The number of unbranched alkanes of at least 4 members (excludes halogenated alkanes) is 1. The summed E-state index contributed by atoms with van der Waals surface area (Å²) < 4.78 is 0. The molecule has 0 aliphatic heterocycles. The van der Waals surface area contributed by atoms with Crippen LogP contribution in [0.25, 0.3) is 0 Å². The lowest BCUT2D eigenvalue weighted by Crippen LogP contribution is -2.04. The molecule has 0 radical (unpaired) electrons. The fourth-order valence-electron chi connectivity index (χ4n) is 3.59. The van der Waals surface area contributed by atoms with Crippen molar-refractivity contribution in [3.63, 3.8) is 0 Å². The van der Waals surface area contributed by atoms with E-state index >= 15 is 0 Å². The number of halogens is 2. The topological polar surface area (TPSA) is 17.1 Å². The van der Waals surface area contributed by atoms with Crippen molar-refractivity contribution < 1.29 is 4.79 Å². The number of alkyl halides is 2. The van der Waals surface area contributed by atoms with Gasteiger partial charge < -0.3 is 0 Å². The molecule has 0 saturated heterocycles. The average Bonchev–Trinajstić information content (AvgIpc) is 2.76. The third-order valence-electron chi connectivity index (χ3n) is 5.37. The van der Waals surface area contributed by atoms with E-state index in [0.717, 1.165) is 55.0 Å². The summed E-state index contributed by atoms with van der Waals surface area (Å²) in [6.45, 7) is 3.89. The maximum atomic E-state index is 12.8. The summed E-state index contributed by atoms with van der Waals surface area (Å²) in [6, 6.07) is 16.1. The minimum atomic E-state index is 0.0886. The highest BCUT2D eigenvalue weighted by molar-refractivity contribution is 9.09. The zero-order valence-electron chi connectivity index (χ0n) is 17.2. The van der Waals surface area contributed by atoms with Gasteiger partial charge in [-0.15, -0.1) is 18.2 Å². The first-order chi connectivity index (χ1) is 14.2. The normalized spacial score (nSPS) is 11.9. The van der Waals surface area contributed by atoms with E-state index in [-0.39, 0.29) is 5.78 Å². The molecule has 0 N–H and O–H groups in total. The van der Waals surface area contributed by atoms with Crippen molar-refractivity contribution >= 4 is 33.3 Å². The molecule has 1 nitrogen and oxygen atoms in total. The summed E-state index contributed by atoms with van der Waals surface area (Å²) in [4.78, 5) is 12.8. The van der Waals surface area contributed by atoms with Gasteiger partial charge in [0.2, 0.25) is 0 Å². The van der Waals surface area contributed by atoms with Gasteiger partial charge in [0.1, 0.15) is 0 Å². The van der Waals surface area contributed by atoms with E-state index in [1.807, 2.05) is 30.3 Å². The molecule has 1 unspecified atom stereocenters. The van der Waals surface area contributed by atoms with Crippen LogP contribution in [0.5, 0.6) is 0 Å². The fraction of sp³-hybridized carbons (Fsp3) is 0.423. The second-order valence-corrected chi connectivity index (χ2v) is 8.80. The van der Waals surface area contributed by atoms with Crippen molar-refractivity contribution in [1.82, 2.24) is 0 Å². The molecule has 29 heavy (non-hydrogen) atoms. The Hall–Kier alpha value is -1.38. The van der Waals surface area contributed by atoms with Crippen molar-refractivity contribution in [2.24, 2.45) is 5.92 Å². The number of aryl methyl sites for hydroxylation is 2. The van der Waals surface area contributed by atoms with Crippen molar-refractivity contribution in [2.75, 3.05) is 11.2 Å². The van der Waals surface area contributed by atoms with Crippen LogP contribution in [0.4, 0.5) is 0 Å². The number of allylic oxidation sites excluding steroid dienone is 1. The molecule has 156 valence electrons. The summed E-state index contributed by atoms with van der Waals surface area (Å²) in [5.41, 5.74) is 4.06. The standard InChI is InChI=1S/C26H32BrClO/c1-2-6-21(8-5-19-27)9-10-23-13-17-25(18-14-23)26(29)24-15-11-22(12-16-24)7-3-4-20-28/h2,11-18,21H,1,3-10,19-20H2. The van der Waals surface area contributed by atoms with Crippen LogP contribution in [0.15, 0.2) is 61.2 Å². The van der Waals surface area contributed by atoms with E-state index in [9.17, 15) is 4.79 Å². The van der Waals surface area contributed by atoms with Crippen molar-refractivity contribution in [1.29, 1.82) is 0 Å². The second-order valence-electron chi connectivity index (χ2n) is 7.63. The van der Waals surface area contributed by atoms with Crippen molar-refractivity contribution in [3.05, 3.63) is 83.4 Å². The Morgan fingerprint density at radius 2 is 1.48 bits per heavy atom. The molecule has 0 amide bonds. The van der Waals surface area contributed by atoms with Gasteiger partial charge in [-0.3, -0.25) is 4.79 Å². The van der Waals surface area contributed by atoms with Gasteiger partial charge in [0, 0.05) is 22.3 Å². The maximum Gasteiger partial charge on any atom is 0.193 e. The third-order valence-corrected chi connectivity index (χ3v) is 6.20. The number of ketones is 1. The zero-order chi connectivity index (χ0) is 20.9. The number of hydrogen-bond acceptors (Lipinski definition) is 1. The van der Waals surface area contributed by atoms with Gasteiger partial charge in [-0.1, -0.05) is 70.5 Å². The van der Waals surface area contributed by atoms with E-state index in [2.05, 4.69) is 46.8 Å². The number of benzene rings is 2. The molecule has 0 aliphatic carbocycles. The Morgan fingerprint density at radius 1 is 0.897 bits per heavy atom. The van der Waals surface area contributed by atoms with Gasteiger partial charge >= 0.3 is 0 Å². The predicted octanol–water partition coefficient (Wildman–Crippen LogP) is 7.78. The molecule has 1 atom stereocenters. The quantitative estimate of drug-likeness (QED) is 0.118. The molecule has 0 fully saturated rings. The van der Waals surface area contributed by atoms with Gasteiger partial charge in [-0.25, -0.2) is 0 Å².